The molecule has 0 aliphatic heterocycles. The summed E-state index contributed by atoms with van der Waals surface area (Å²) in [6, 6.07) is 12.1. The predicted octanol–water partition coefficient (Wildman–Crippen LogP) is 1.59. The maximum absolute atomic E-state index is 12.1. The van der Waals surface area contributed by atoms with E-state index < -0.39 is 16.0 Å². The van der Waals surface area contributed by atoms with Crippen molar-refractivity contribution in [3.63, 3.8) is 0 Å². The summed E-state index contributed by atoms with van der Waals surface area (Å²) in [4.78, 5) is 10.6. The number of carbonyl (C=O) groups is 1. The van der Waals surface area contributed by atoms with Crippen molar-refractivity contribution in [1.82, 2.24) is 4.72 Å². The molecule has 2 rings (SSSR count). The molecule has 0 saturated heterocycles. The maximum atomic E-state index is 12.1. The summed E-state index contributed by atoms with van der Waals surface area (Å²) in [5.74, 6) is -1.04. The molecule has 0 spiro atoms. The van der Waals surface area contributed by atoms with E-state index in [1.807, 2.05) is 18.2 Å². The SMILES string of the molecule is O=C(O)CCNS(=O)(=O)c1cccc2ccccc12. The molecule has 0 heterocycles. The van der Waals surface area contributed by atoms with E-state index in [4.69, 9.17) is 5.11 Å². The molecule has 0 amide bonds. The zero-order chi connectivity index (χ0) is 13.9. The average Bonchev–Trinajstić information content (AvgIpc) is 2.37. The lowest BCUT2D eigenvalue weighted by Gasteiger charge is -2.08. The molecular weight excluding hydrogens is 266 g/mol. The molecule has 0 fully saturated rings. The minimum absolute atomic E-state index is 0.124. The van der Waals surface area contributed by atoms with Gasteiger partial charge in [-0.25, -0.2) is 13.1 Å². The van der Waals surface area contributed by atoms with Crippen LogP contribution in [0, 0.1) is 0 Å². The summed E-state index contributed by atoms with van der Waals surface area (Å²) >= 11 is 0. The van der Waals surface area contributed by atoms with Gasteiger partial charge >= 0.3 is 5.97 Å². The smallest absolute Gasteiger partial charge is 0.304 e. The van der Waals surface area contributed by atoms with Gasteiger partial charge in [-0.15, -0.1) is 0 Å². The van der Waals surface area contributed by atoms with Gasteiger partial charge in [-0.05, 0) is 11.5 Å². The van der Waals surface area contributed by atoms with Crippen LogP contribution in [0.15, 0.2) is 47.4 Å². The van der Waals surface area contributed by atoms with Gasteiger partial charge < -0.3 is 5.11 Å². The van der Waals surface area contributed by atoms with Crippen LogP contribution in [0.25, 0.3) is 10.8 Å². The van der Waals surface area contributed by atoms with Gasteiger partial charge in [0.25, 0.3) is 0 Å². The number of rotatable bonds is 5. The summed E-state index contributed by atoms with van der Waals surface area (Å²) in [7, 11) is -3.70. The monoisotopic (exact) mass is 279 g/mol. The minimum Gasteiger partial charge on any atom is -0.481 e. The summed E-state index contributed by atoms with van der Waals surface area (Å²) in [6.07, 6.45) is -0.246. The van der Waals surface area contributed by atoms with E-state index in [0.29, 0.717) is 5.39 Å². The molecule has 0 bridgehead atoms. The molecule has 100 valence electrons. The van der Waals surface area contributed by atoms with Crippen LogP contribution in [0.1, 0.15) is 6.42 Å². The normalized spacial score (nSPS) is 11.6. The highest BCUT2D eigenvalue weighted by Crippen LogP contribution is 2.22. The molecule has 0 aliphatic carbocycles. The topological polar surface area (TPSA) is 83.5 Å². The first-order valence-corrected chi connectivity index (χ1v) is 7.18. The fourth-order valence-electron chi connectivity index (χ4n) is 1.80. The Hall–Kier alpha value is -1.92. The quantitative estimate of drug-likeness (QED) is 0.870. The molecule has 2 N–H and O–H groups in total. The Morgan fingerprint density at radius 3 is 2.53 bits per heavy atom. The third-order valence-electron chi connectivity index (χ3n) is 2.67. The highest BCUT2D eigenvalue weighted by Gasteiger charge is 2.16. The molecule has 0 aliphatic rings. The number of fused-ring (bicyclic) bond motifs is 1. The zero-order valence-electron chi connectivity index (χ0n) is 10.0. The van der Waals surface area contributed by atoms with Crippen molar-refractivity contribution >= 4 is 26.8 Å². The van der Waals surface area contributed by atoms with E-state index >= 15 is 0 Å². The van der Waals surface area contributed by atoms with Crippen molar-refractivity contribution in [2.24, 2.45) is 0 Å². The summed E-state index contributed by atoms with van der Waals surface area (Å²) in [5.41, 5.74) is 0. The van der Waals surface area contributed by atoms with E-state index in [0.717, 1.165) is 5.39 Å². The molecule has 5 nitrogen and oxygen atoms in total. The lowest BCUT2D eigenvalue weighted by molar-refractivity contribution is -0.136. The molecule has 2 aromatic rings. The van der Waals surface area contributed by atoms with Crippen LogP contribution in [0.5, 0.6) is 0 Å². The molecule has 2 aromatic carbocycles. The summed E-state index contributed by atoms with van der Waals surface area (Å²) in [6.45, 7) is -0.124. The molecule has 0 atom stereocenters. The Morgan fingerprint density at radius 2 is 1.79 bits per heavy atom. The van der Waals surface area contributed by atoms with Crippen LogP contribution in [-0.4, -0.2) is 26.0 Å². The Kier molecular flexibility index (Phi) is 3.82. The van der Waals surface area contributed by atoms with Crippen LogP contribution >= 0.6 is 0 Å². The Bertz CT molecular complexity index is 704. The number of hydrogen-bond donors (Lipinski definition) is 2. The van der Waals surface area contributed by atoms with Crippen molar-refractivity contribution in [1.29, 1.82) is 0 Å². The van der Waals surface area contributed by atoms with Crippen molar-refractivity contribution in [2.45, 2.75) is 11.3 Å². The highest BCUT2D eigenvalue weighted by atomic mass is 32.2. The minimum atomic E-state index is -3.70. The number of hydrogen-bond acceptors (Lipinski definition) is 3. The van der Waals surface area contributed by atoms with Crippen LogP contribution in [0.2, 0.25) is 0 Å². The first-order valence-electron chi connectivity index (χ1n) is 5.70. The van der Waals surface area contributed by atoms with E-state index in [9.17, 15) is 13.2 Å². The lowest BCUT2D eigenvalue weighted by Crippen LogP contribution is -2.26. The van der Waals surface area contributed by atoms with Crippen molar-refractivity contribution in [3.8, 4) is 0 Å². The van der Waals surface area contributed by atoms with Gasteiger partial charge in [0, 0.05) is 11.9 Å². The third-order valence-corrected chi connectivity index (χ3v) is 4.19. The molecule has 0 unspecified atom stereocenters. The Labute approximate surface area is 110 Å². The predicted molar refractivity (Wildman–Crippen MR) is 71.4 cm³/mol. The van der Waals surface area contributed by atoms with Gasteiger partial charge in [0.2, 0.25) is 10.0 Å². The standard InChI is InChI=1S/C13H13NO4S/c15-13(16)8-9-14-19(17,18)12-7-3-5-10-4-1-2-6-11(10)12/h1-7,14H,8-9H2,(H,15,16). The number of carboxylic acid groups (broad SMARTS) is 1. The zero-order valence-corrected chi connectivity index (χ0v) is 10.9. The highest BCUT2D eigenvalue weighted by molar-refractivity contribution is 7.89. The van der Waals surface area contributed by atoms with Crippen LogP contribution < -0.4 is 4.72 Å². The van der Waals surface area contributed by atoms with Crippen molar-refractivity contribution < 1.29 is 18.3 Å². The van der Waals surface area contributed by atoms with Crippen LogP contribution in [0.4, 0.5) is 0 Å². The third kappa shape index (κ3) is 3.10. The Balaban J connectivity index is 2.35. The van der Waals surface area contributed by atoms with Crippen LogP contribution in [0.3, 0.4) is 0 Å². The maximum Gasteiger partial charge on any atom is 0.304 e. The molecule has 0 saturated carbocycles. The van der Waals surface area contributed by atoms with Crippen molar-refractivity contribution in [3.05, 3.63) is 42.5 Å². The molecule has 19 heavy (non-hydrogen) atoms. The second-order valence-corrected chi connectivity index (χ2v) is 5.75. The number of aliphatic carboxylic acids is 1. The largest absolute Gasteiger partial charge is 0.481 e. The summed E-state index contributed by atoms with van der Waals surface area (Å²) < 4.78 is 26.5. The van der Waals surface area contributed by atoms with Gasteiger partial charge in [0.1, 0.15) is 0 Å². The fourth-order valence-corrected chi connectivity index (χ4v) is 3.06. The lowest BCUT2D eigenvalue weighted by atomic mass is 10.1. The van der Waals surface area contributed by atoms with Gasteiger partial charge in [-0.3, -0.25) is 4.79 Å². The number of nitrogens with one attached hydrogen (secondary N) is 1. The first-order chi connectivity index (χ1) is 9.00. The second-order valence-electron chi connectivity index (χ2n) is 4.02. The number of carboxylic acids is 1. The van der Waals surface area contributed by atoms with Gasteiger partial charge in [0.15, 0.2) is 0 Å². The van der Waals surface area contributed by atoms with E-state index in [1.54, 1.807) is 18.2 Å². The Morgan fingerprint density at radius 1 is 1.11 bits per heavy atom. The first kappa shape index (κ1) is 13.5. The molecule has 6 heteroatoms. The fraction of sp³-hybridized carbons (Fsp3) is 0.154. The van der Waals surface area contributed by atoms with Gasteiger partial charge in [-0.1, -0.05) is 36.4 Å². The van der Waals surface area contributed by atoms with Crippen LogP contribution in [-0.2, 0) is 14.8 Å². The number of sulfonamides is 1. The van der Waals surface area contributed by atoms with E-state index in [1.165, 1.54) is 6.07 Å². The molecule has 0 radical (unpaired) electrons. The second kappa shape index (κ2) is 5.38. The molecular formula is C13H13NO4S. The number of benzene rings is 2. The van der Waals surface area contributed by atoms with E-state index in [2.05, 4.69) is 4.72 Å². The molecule has 0 aromatic heterocycles. The van der Waals surface area contributed by atoms with Gasteiger partial charge in [0.05, 0.1) is 11.3 Å². The van der Waals surface area contributed by atoms with Crippen molar-refractivity contribution in [2.75, 3.05) is 6.54 Å². The summed E-state index contributed by atoms with van der Waals surface area (Å²) in [5, 5.41) is 9.96. The van der Waals surface area contributed by atoms with Gasteiger partial charge in [-0.2, -0.15) is 0 Å². The van der Waals surface area contributed by atoms with E-state index in [-0.39, 0.29) is 17.9 Å². The average molecular weight is 279 g/mol.